The zero-order valence-corrected chi connectivity index (χ0v) is 15.0. The number of pyridine rings is 1. The van der Waals surface area contributed by atoms with E-state index in [0.717, 1.165) is 5.69 Å². The summed E-state index contributed by atoms with van der Waals surface area (Å²) in [6.07, 6.45) is 6.08. The summed E-state index contributed by atoms with van der Waals surface area (Å²) in [6.45, 7) is 3.76. The van der Waals surface area contributed by atoms with Gasteiger partial charge in [0.15, 0.2) is 0 Å². The minimum Gasteiger partial charge on any atom is -0.344 e. The molecule has 1 aromatic carbocycles. The highest BCUT2D eigenvalue weighted by Crippen LogP contribution is 2.22. The van der Waals surface area contributed by atoms with Crippen LogP contribution in [-0.2, 0) is 0 Å². The molecule has 27 heavy (non-hydrogen) atoms. The highest BCUT2D eigenvalue weighted by molar-refractivity contribution is 6.06. The van der Waals surface area contributed by atoms with Crippen LogP contribution in [0.3, 0.4) is 0 Å². The second-order valence-corrected chi connectivity index (χ2v) is 6.40. The van der Waals surface area contributed by atoms with Crippen LogP contribution >= 0.6 is 0 Å². The van der Waals surface area contributed by atoms with Crippen LogP contribution in [0.15, 0.2) is 48.9 Å². The number of carbonyl (C=O) groups excluding carboxylic acids is 1. The maximum absolute atomic E-state index is 13.5. The number of hydrogen-bond donors (Lipinski definition) is 1. The van der Waals surface area contributed by atoms with Gasteiger partial charge in [-0.1, -0.05) is 6.92 Å². The average Bonchev–Trinajstić information content (AvgIpc) is 3.08. The van der Waals surface area contributed by atoms with Gasteiger partial charge in [-0.25, -0.2) is 14.4 Å². The Balaban J connectivity index is 1.69. The number of nitrogens with zero attached hydrogens (tertiary/aromatic N) is 4. The van der Waals surface area contributed by atoms with E-state index in [9.17, 15) is 9.18 Å². The number of nitrogens with one attached hydrogen (secondary N) is 1. The number of aryl methyl sites for hydroxylation is 1. The summed E-state index contributed by atoms with van der Waals surface area (Å²) in [5.41, 5.74) is 2.33. The van der Waals surface area contributed by atoms with E-state index in [2.05, 4.69) is 20.3 Å². The van der Waals surface area contributed by atoms with Gasteiger partial charge in [0.1, 0.15) is 5.82 Å². The van der Waals surface area contributed by atoms with Crippen molar-refractivity contribution in [1.29, 1.82) is 0 Å². The van der Waals surface area contributed by atoms with Gasteiger partial charge in [-0.05, 0) is 37.6 Å². The Kier molecular flexibility index (Phi) is 4.27. The topological polar surface area (TPSA) is 72.2 Å². The number of halogens is 1. The Morgan fingerprint density at radius 3 is 2.93 bits per heavy atom. The highest BCUT2D eigenvalue weighted by Gasteiger charge is 2.19. The molecule has 4 aromatic rings. The van der Waals surface area contributed by atoms with Gasteiger partial charge >= 0.3 is 0 Å². The molecular weight excluding hydrogens is 345 g/mol. The smallest absolute Gasteiger partial charge is 0.252 e. The van der Waals surface area contributed by atoms with Crippen LogP contribution in [0.1, 0.15) is 41.1 Å². The minimum absolute atomic E-state index is 0.242. The molecule has 0 spiro atoms. The number of benzene rings is 1. The summed E-state index contributed by atoms with van der Waals surface area (Å²) in [7, 11) is 0. The zero-order chi connectivity index (χ0) is 19.0. The summed E-state index contributed by atoms with van der Waals surface area (Å²) in [4.78, 5) is 26.0. The molecule has 0 aliphatic rings. The van der Waals surface area contributed by atoms with E-state index >= 15 is 0 Å². The molecule has 0 saturated heterocycles. The van der Waals surface area contributed by atoms with E-state index in [1.807, 2.05) is 29.8 Å². The van der Waals surface area contributed by atoms with Gasteiger partial charge in [0, 0.05) is 35.7 Å². The molecule has 3 heterocycles. The predicted octanol–water partition coefficient (Wildman–Crippen LogP) is 3.61. The fourth-order valence-electron chi connectivity index (χ4n) is 3.16. The van der Waals surface area contributed by atoms with Gasteiger partial charge in [-0.15, -0.1) is 0 Å². The number of imidazole rings is 1. The van der Waals surface area contributed by atoms with Crippen LogP contribution < -0.4 is 5.32 Å². The van der Waals surface area contributed by atoms with Crippen molar-refractivity contribution in [2.45, 2.75) is 26.3 Å². The first kappa shape index (κ1) is 17.1. The minimum atomic E-state index is -0.379. The molecule has 1 atom stereocenters. The van der Waals surface area contributed by atoms with Gasteiger partial charge in [-0.3, -0.25) is 14.2 Å². The molecular formula is C20H18FN5O. The summed E-state index contributed by atoms with van der Waals surface area (Å²) < 4.78 is 15.3. The van der Waals surface area contributed by atoms with Gasteiger partial charge in [0.2, 0.25) is 5.78 Å². The Morgan fingerprint density at radius 2 is 2.15 bits per heavy atom. The molecule has 0 unspecified atom stereocenters. The van der Waals surface area contributed by atoms with E-state index in [1.165, 1.54) is 12.1 Å². The summed E-state index contributed by atoms with van der Waals surface area (Å²) >= 11 is 0. The third-order valence-electron chi connectivity index (χ3n) is 4.47. The lowest BCUT2D eigenvalue weighted by atomic mass is 10.1. The average molecular weight is 363 g/mol. The van der Waals surface area contributed by atoms with Crippen LogP contribution in [0.25, 0.3) is 16.7 Å². The molecule has 0 saturated carbocycles. The van der Waals surface area contributed by atoms with Gasteiger partial charge in [0.05, 0.1) is 22.8 Å². The van der Waals surface area contributed by atoms with E-state index in [-0.39, 0.29) is 17.8 Å². The van der Waals surface area contributed by atoms with E-state index < -0.39 is 0 Å². The molecule has 0 aliphatic heterocycles. The second kappa shape index (κ2) is 6.75. The fourth-order valence-corrected chi connectivity index (χ4v) is 3.16. The normalized spacial score (nSPS) is 12.4. The standard InChI is InChI=1S/C20H18FN5O/c1-3-16(18-11-26-8-4-7-22-20(26)25-18)24-19(27)15-9-12(2)23-17-10-13(21)5-6-14(15)17/h4-11,16H,3H2,1-2H3,(H,24,27)/t16-/m1/s1. The molecule has 0 fully saturated rings. The van der Waals surface area contributed by atoms with Crippen LogP contribution in [0.5, 0.6) is 0 Å². The Hall–Kier alpha value is -3.35. The largest absolute Gasteiger partial charge is 0.344 e. The van der Waals surface area contributed by atoms with Crippen molar-refractivity contribution >= 4 is 22.6 Å². The molecule has 136 valence electrons. The maximum atomic E-state index is 13.5. The van der Waals surface area contributed by atoms with Crippen molar-refractivity contribution in [3.8, 4) is 0 Å². The first-order valence-electron chi connectivity index (χ1n) is 8.72. The monoisotopic (exact) mass is 363 g/mol. The van der Waals surface area contributed by atoms with Crippen LogP contribution in [0.4, 0.5) is 4.39 Å². The first-order valence-corrected chi connectivity index (χ1v) is 8.72. The quantitative estimate of drug-likeness (QED) is 0.601. The molecule has 0 bridgehead atoms. The van der Waals surface area contributed by atoms with Crippen molar-refractivity contribution in [1.82, 2.24) is 24.7 Å². The number of hydrogen-bond acceptors (Lipinski definition) is 4. The first-order chi connectivity index (χ1) is 13.0. The number of fused-ring (bicyclic) bond motifs is 2. The zero-order valence-electron chi connectivity index (χ0n) is 15.0. The molecule has 4 rings (SSSR count). The molecule has 3 aromatic heterocycles. The van der Waals surface area contributed by atoms with Gasteiger partial charge in [0.25, 0.3) is 5.91 Å². The van der Waals surface area contributed by atoms with Gasteiger partial charge in [-0.2, -0.15) is 0 Å². The Morgan fingerprint density at radius 1 is 1.30 bits per heavy atom. The number of aromatic nitrogens is 4. The van der Waals surface area contributed by atoms with Crippen molar-refractivity contribution in [2.75, 3.05) is 0 Å². The van der Waals surface area contributed by atoms with E-state index in [0.29, 0.717) is 34.4 Å². The molecule has 1 N–H and O–H groups in total. The van der Waals surface area contributed by atoms with Crippen molar-refractivity contribution in [3.05, 3.63) is 71.7 Å². The lowest BCUT2D eigenvalue weighted by molar-refractivity contribution is 0.0936. The highest BCUT2D eigenvalue weighted by atomic mass is 19.1. The SMILES string of the molecule is CC[C@@H](NC(=O)c1cc(C)nc2cc(F)ccc12)c1cn2cccnc2n1. The Labute approximate surface area is 155 Å². The number of amides is 1. The maximum Gasteiger partial charge on any atom is 0.252 e. The molecule has 6 nitrogen and oxygen atoms in total. The fraction of sp³-hybridized carbons (Fsp3) is 0.200. The number of carbonyl (C=O) groups is 1. The summed E-state index contributed by atoms with van der Waals surface area (Å²) in [6, 6.07) is 7.53. The number of rotatable bonds is 4. The molecule has 7 heteroatoms. The third kappa shape index (κ3) is 3.23. The third-order valence-corrected chi connectivity index (χ3v) is 4.47. The lowest BCUT2D eigenvalue weighted by Gasteiger charge is -2.16. The molecule has 1 amide bonds. The Bertz CT molecular complexity index is 1120. The molecule has 0 radical (unpaired) electrons. The second-order valence-electron chi connectivity index (χ2n) is 6.40. The van der Waals surface area contributed by atoms with Crippen LogP contribution in [0.2, 0.25) is 0 Å². The lowest BCUT2D eigenvalue weighted by Crippen LogP contribution is -2.28. The summed E-state index contributed by atoms with van der Waals surface area (Å²) in [5, 5.41) is 3.65. The van der Waals surface area contributed by atoms with E-state index in [4.69, 9.17) is 0 Å². The van der Waals surface area contributed by atoms with Crippen molar-refractivity contribution < 1.29 is 9.18 Å². The van der Waals surface area contributed by atoms with Crippen molar-refractivity contribution in [2.24, 2.45) is 0 Å². The van der Waals surface area contributed by atoms with Crippen LogP contribution in [0, 0.1) is 12.7 Å². The predicted molar refractivity (Wildman–Crippen MR) is 99.9 cm³/mol. The van der Waals surface area contributed by atoms with E-state index in [1.54, 1.807) is 25.3 Å². The molecule has 0 aliphatic carbocycles. The summed E-state index contributed by atoms with van der Waals surface area (Å²) in [5.74, 6) is -0.0366. The van der Waals surface area contributed by atoms with Gasteiger partial charge < -0.3 is 5.32 Å². The van der Waals surface area contributed by atoms with Crippen molar-refractivity contribution in [3.63, 3.8) is 0 Å². The van der Waals surface area contributed by atoms with Crippen LogP contribution in [-0.4, -0.2) is 25.3 Å².